The van der Waals surface area contributed by atoms with E-state index in [0.29, 0.717) is 11.5 Å². The Labute approximate surface area is 102 Å². The van der Waals surface area contributed by atoms with Crippen molar-refractivity contribution in [2.45, 2.75) is 20.4 Å². The third-order valence-corrected chi connectivity index (χ3v) is 2.59. The van der Waals surface area contributed by atoms with Crippen molar-refractivity contribution in [3.8, 4) is 0 Å². The van der Waals surface area contributed by atoms with Gasteiger partial charge in [-0.05, 0) is 13.8 Å². The van der Waals surface area contributed by atoms with Crippen LogP contribution in [0.1, 0.15) is 24.2 Å². The van der Waals surface area contributed by atoms with Gasteiger partial charge >= 0.3 is 5.97 Å². The average molecular weight is 252 g/mol. The summed E-state index contributed by atoms with van der Waals surface area (Å²) < 4.78 is 6.25. The highest BCUT2D eigenvalue weighted by Crippen LogP contribution is 2.25. The van der Waals surface area contributed by atoms with Gasteiger partial charge in [0.1, 0.15) is 17.9 Å². The van der Waals surface area contributed by atoms with Crippen molar-refractivity contribution in [3.05, 3.63) is 33.3 Å². The Hall–Kier alpha value is -2.38. The van der Waals surface area contributed by atoms with Gasteiger partial charge in [-0.2, -0.15) is 5.10 Å². The van der Waals surface area contributed by atoms with Gasteiger partial charge in [-0.25, -0.2) is 9.48 Å². The van der Waals surface area contributed by atoms with Crippen molar-refractivity contribution in [1.82, 2.24) is 9.78 Å². The summed E-state index contributed by atoms with van der Waals surface area (Å²) in [7, 11) is 0. The highest BCUT2D eigenvalue weighted by atomic mass is 16.6. The molecule has 1 aliphatic rings. The molecule has 8 nitrogen and oxygen atoms in total. The lowest BCUT2D eigenvalue weighted by molar-refractivity contribution is -0.430. The molecule has 96 valence electrons. The smallest absolute Gasteiger partial charge is 0.343 e. The van der Waals surface area contributed by atoms with Crippen LogP contribution in [0.5, 0.6) is 0 Å². The molecule has 1 aromatic heterocycles. The predicted molar refractivity (Wildman–Crippen MR) is 61.5 cm³/mol. The van der Waals surface area contributed by atoms with Gasteiger partial charge in [0.25, 0.3) is 5.70 Å². The van der Waals surface area contributed by atoms with E-state index in [2.05, 4.69) is 10.4 Å². The van der Waals surface area contributed by atoms with E-state index in [-0.39, 0.29) is 24.4 Å². The third kappa shape index (κ3) is 1.92. The Morgan fingerprint density at radius 1 is 1.72 bits per heavy atom. The molecule has 0 spiro atoms. The second kappa shape index (κ2) is 4.47. The SMILES string of the molecule is CCOC(=O)c1cnn2c1NC(C)=C([N+](=O)[O-])C2. The Balaban J connectivity index is 2.33. The standard InChI is InChI=1S/C10H12N4O4/c1-3-18-10(15)7-4-11-13-5-8(14(16)17)6(2)12-9(7)13/h4,12H,3,5H2,1-2H3. The molecule has 0 atom stereocenters. The maximum Gasteiger partial charge on any atom is 0.343 e. The number of aromatic nitrogens is 2. The molecular weight excluding hydrogens is 240 g/mol. The van der Waals surface area contributed by atoms with Crippen molar-refractivity contribution < 1.29 is 14.5 Å². The molecule has 0 bridgehead atoms. The van der Waals surface area contributed by atoms with Crippen LogP contribution in [0.15, 0.2) is 17.6 Å². The summed E-state index contributed by atoms with van der Waals surface area (Å²) in [6.07, 6.45) is 1.34. The first-order valence-electron chi connectivity index (χ1n) is 5.38. The largest absolute Gasteiger partial charge is 0.462 e. The molecular formula is C10H12N4O4. The molecule has 1 aromatic rings. The summed E-state index contributed by atoms with van der Waals surface area (Å²) in [5, 5.41) is 17.6. The molecule has 0 aromatic carbocycles. The van der Waals surface area contributed by atoms with Gasteiger partial charge in [-0.15, -0.1) is 0 Å². The summed E-state index contributed by atoms with van der Waals surface area (Å²) in [6, 6.07) is 0. The molecule has 8 heteroatoms. The van der Waals surface area contributed by atoms with Gasteiger partial charge in [0, 0.05) is 0 Å². The Morgan fingerprint density at radius 3 is 3.06 bits per heavy atom. The second-order valence-corrected chi connectivity index (χ2v) is 3.74. The third-order valence-electron chi connectivity index (χ3n) is 2.59. The molecule has 0 amide bonds. The van der Waals surface area contributed by atoms with Gasteiger partial charge in [0.15, 0.2) is 0 Å². The summed E-state index contributed by atoms with van der Waals surface area (Å²) in [6.45, 7) is 3.58. The number of anilines is 1. The minimum atomic E-state index is -0.497. The Kier molecular flexibility index (Phi) is 3.00. The van der Waals surface area contributed by atoms with Crippen LogP contribution in [0.3, 0.4) is 0 Å². The zero-order chi connectivity index (χ0) is 13.3. The molecule has 0 saturated carbocycles. The molecule has 18 heavy (non-hydrogen) atoms. The highest BCUT2D eigenvalue weighted by molar-refractivity contribution is 5.95. The van der Waals surface area contributed by atoms with E-state index in [1.165, 1.54) is 10.9 Å². The molecule has 0 saturated heterocycles. The highest BCUT2D eigenvalue weighted by Gasteiger charge is 2.28. The first-order valence-corrected chi connectivity index (χ1v) is 5.38. The Morgan fingerprint density at radius 2 is 2.44 bits per heavy atom. The van der Waals surface area contributed by atoms with Crippen LogP contribution in [0.25, 0.3) is 0 Å². The first-order chi connectivity index (χ1) is 8.54. The fraction of sp³-hybridized carbons (Fsp3) is 0.400. The molecule has 0 radical (unpaired) electrons. The zero-order valence-electron chi connectivity index (χ0n) is 9.97. The zero-order valence-corrected chi connectivity index (χ0v) is 9.97. The topological polar surface area (TPSA) is 99.3 Å². The number of hydrogen-bond acceptors (Lipinski definition) is 6. The number of allylic oxidation sites excluding steroid dienone is 2. The van der Waals surface area contributed by atoms with Crippen LogP contribution < -0.4 is 5.32 Å². The maximum absolute atomic E-state index is 11.6. The van der Waals surface area contributed by atoms with Crippen molar-refractivity contribution in [3.63, 3.8) is 0 Å². The number of ether oxygens (including phenoxy) is 1. The number of carbonyl (C=O) groups excluding carboxylic acids is 1. The molecule has 1 N–H and O–H groups in total. The molecule has 0 fully saturated rings. The molecule has 2 heterocycles. The van der Waals surface area contributed by atoms with Gasteiger partial charge in [0.05, 0.1) is 23.4 Å². The van der Waals surface area contributed by atoms with Crippen LogP contribution in [-0.4, -0.2) is 27.3 Å². The minimum Gasteiger partial charge on any atom is -0.462 e. The molecule has 1 aliphatic heterocycles. The fourth-order valence-electron chi connectivity index (χ4n) is 1.70. The average Bonchev–Trinajstić information content (AvgIpc) is 2.70. The number of rotatable bonds is 3. The number of esters is 1. The van der Waals surface area contributed by atoms with Gasteiger partial charge in [0.2, 0.25) is 0 Å². The first kappa shape index (κ1) is 12.1. The van der Waals surface area contributed by atoms with E-state index >= 15 is 0 Å². The van der Waals surface area contributed by atoms with Crippen molar-refractivity contribution in [2.24, 2.45) is 0 Å². The number of fused-ring (bicyclic) bond motifs is 1. The van der Waals surface area contributed by atoms with E-state index in [1.54, 1.807) is 13.8 Å². The van der Waals surface area contributed by atoms with E-state index < -0.39 is 10.9 Å². The quantitative estimate of drug-likeness (QED) is 0.489. The Bertz CT molecular complexity index is 546. The monoisotopic (exact) mass is 252 g/mol. The molecule has 2 rings (SSSR count). The number of nitrogens with zero attached hydrogens (tertiary/aromatic N) is 3. The van der Waals surface area contributed by atoms with Crippen LogP contribution in [-0.2, 0) is 11.3 Å². The van der Waals surface area contributed by atoms with Crippen LogP contribution in [0.4, 0.5) is 5.82 Å². The lowest BCUT2D eigenvalue weighted by atomic mass is 10.2. The van der Waals surface area contributed by atoms with E-state index in [0.717, 1.165) is 0 Å². The second-order valence-electron chi connectivity index (χ2n) is 3.74. The van der Waals surface area contributed by atoms with Crippen molar-refractivity contribution in [1.29, 1.82) is 0 Å². The van der Waals surface area contributed by atoms with Gasteiger partial charge < -0.3 is 10.1 Å². The van der Waals surface area contributed by atoms with Crippen molar-refractivity contribution in [2.75, 3.05) is 11.9 Å². The lowest BCUT2D eigenvalue weighted by Crippen LogP contribution is -2.22. The fourth-order valence-corrected chi connectivity index (χ4v) is 1.70. The lowest BCUT2D eigenvalue weighted by Gasteiger charge is -2.16. The number of nitrogens with one attached hydrogen (secondary N) is 1. The number of nitro groups is 1. The number of hydrogen-bond donors (Lipinski definition) is 1. The normalized spacial score (nSPS) is 13.9. The summed E-state index contributed by atoms with van der Waals surface area (Å²) in [5.74, 6) is -0.0693. The van der Waals surface area contributed by atoms with Crippen LogP contribution in [0.2, 0.25) is 0 Å². The van der Waals surface area contributed by atoms with Crippen LogP contribution >= 0.6 is 0 Å². The van der Waals surface area contributed by atoms with Crippen LogP contribution in [0, 0.1) is 10.1 Å². The summed E-state index contributed by atoms with van der Waals surface area (Å²) in [4.78, 5) is 22.0. The molecule has 0 unspecified atom stereocenters. The van der Waals surface area contributed by atoms with Gasteiger partial charge in [-0.3, -0.25) is 10.1 Å². The minimum absolute atomic E-state index is 0.0283. The summed E-state index contributed by atoms with van der Waals surface area (Å²) >= 11 is 0. The van der Waals surface area contributed by atoms with Crippen molar-refractivity contribution >= 4 is 11.8 Å². The number of carbonyl (C=O) groups is 1. The molecule has 0 aliphatic carbocycles. The van der Waals surface area contributed by atoms with E-state index in [9.17, 15) is 14.9 Å². The summed E-state index contributed by atoms with van der Waals surface area (Å²) in [5.41, 5.74) is 0.707. The maximum atomic E-state index is 11.6. The van der Waals surface area contributed by atoms with Gasteiger partial charge in [-0.1, -0.05) is 0 Å². The predicted octanol–water partition coefficient (Wildman–Crippen LogP) is 0.993. The van der Waals surface area contributed by atoms with E-state index in [4.69, 9.17) is 4.74 Å². The van der Waals surface area contributed by atoms with E-state index in [1.807, 2.05) is 0 Å².